The Kier molecular flexibility index (Phi) is 9.69. The molecule has 4 aromatic rings. The SMILES string of the molecule is CC(Sc1ccc(NC(=O)/C(=C/c2ccccc2)NC(=O)c2ccccc2)cc1)C(=O)Nc1ccc(C(N)=O)cc1. The molecule has 1 atom stereocenters. The minimum absolute atomic E-state index is 0.0951. The third-order valence-electron chi connectivity index (χ3n) is 5.87. The first-order valence-electron chi connectivity index (χ1n) is 12.7. The third kappa shape index (κ3) is 8.42. The summed E-state index contributed by atoms with van der Waals surface area (Å²) >= 11 is 1.35. The van der Waals surface area contributed by atoms with Gasteiger partial charge in [-0.1, -0.05) is 48.5 Å². The van der Waals surface area contributed by atoms with Crippen LogP contribution < -0.4 is 21.7 Å². The second-order valence-corrected chi connectivity index (χ2v) is 10.4. The number of benzene rings is 4. The van der Waals surface area contributed by atoms with Gasteiger partial charge in [0.1, 0.15) is 5.70 Å². The summed E-state index contributed by atoms with van der Waals surface area (Å²) in [7, 11) is 0. The van der Waals surface area contributed by atoms with Crippen molar-refractivity contribution in [1.82, 2.24) is 5.32 Å². The van der Waals surface area contributed by atoms with E-state index in [1.54, 1.807) is 85.8 Å². The normalized spacial score (nSPS) is 11.7. The van der Waals surface area contributed by atoms with E-state index in [9.17, 15) is 19.2 Å². The molecule has 4 rings (SSSR count). The fourth-order valence-corrected chi connectivity index (χ4v) is 4.56. The first-order valence-corrected chi connectivity index (χ1v) is 13.6. The fraction of sp³-hybridized carbons (Fsp3) is 0.0625. The number of hydrogen-bond donors (Lipinski definition) is 4. The second-order valence-electron chi connectivity index (χ2n) is 8.96. The van der Waals surface area contributed by atoms with Crippen LogP contribution in [0.2, 0.25) is 0 Å². The van der Waals surface area contributed by atoms with Gasteiger partial charge in [0.2, 0.25) is 11.8 Å². The molecule has 0 spiro atoms. The van der Waals surface area contributed by atoms with Crippen LogP contribution in [-0.2, 0) is 9.59 Å². The minimum atomic E-state index is -0.535. The van der Waals surface area contributed by atoms with Crippen molar-refractivity contribution in [2.45, 2.75) is 17.1 Å². The summed E-state index contributed by atoms with van der Waals surface area (Å²) in [6.07, 6.45) is 1.61. The number of nitrogens with one attached hydrogen (secondary N) is 3. The summed E-state index contributed by atoms with van der Waals surface area (Å²) in [5.41, 5.74) is 7.98. The Morgan fingerprint density at radius 1 is 0.707 bits per heavy atom. The molecule has 5 N–H and O–H groups in total. The highest BCUT2D eigenvalue weighted by molar-refractivity contribution is 8.00. The number of primary amides is 1. The molecule has 1 unspecified atom stereocenters. The van der Waals surface area contributed by atoms with Gasteiger partial charge in [-0.3, -0.25) is 19.2 Å². The Balaban J connectivity index is 1.39. The number of rotatable bonds is 10. The maximum Gasteiger partial charge on any atom is 0.272 e. The molecule has 206 valence electrons. The number of carbonyl (C=O) groups is 4. The fourth-order valence-electron chi connectivity index (χ4n) is 3.69. The van der Waals surface area contributed by atoms with E-state index >= 15 is 0 Å². The Morgan fingerprint density at radius 2 is 1.27 bits per heavy atom. The molecular formula is C32H28N4O4S. The average Bonchev–Trinajstić information content (AvgIpc) is 2.99. The van der Waals surface area contributed by atoms with E-state index in [0.717, 1.165) is 10.5 Å². The Morgan fingerprint density at radius 3 is 1.88 bits per heavy atom. The molecule has 0 saturated carbocycles. The maximum absolute atomic E-state index is 13.2. The number of amides is 4. The van der Waals surface area contributed by atoms with Crippen molar-refractivity contribution in [2.75, 3.05) is 10.6 Å². The van der Waals surface area contributed by atoms with E-state index in [4.69, 9.17) is 5.73 Å². The van der Waals surface area contributed by atoms with Gasteiger partial charge in [0.25, 0.3) is 11.8 Å². The van der Waals surface area contributed by atoms with Crippen molar-refractivity contribution < 1.29 is 19.2 Å². The van der Waals surface area contributed by atoms with Gasteiger partial charge >= 0.3 is 0 Å². The third-order valence-corrected chi connectivity index (χ3v) is 6.98. The molecule has 0 radical (unpaired) electrons. The van der Waals surface area contributed by atoms with Gasteiger partial charge in [-0.2, -0.15) is 0 Å². The van der Waals surface area contributed by atoms with Crippen LogP contribution in [0.3, 0.4) is 0 Å². The van der Waals surface area contributed by atoms with Crippen LogP contribution in [0.4, 0.5) is 11.4 Å². The monoisotopic (exact) mass is 564 g/mol. The summed E-state index contributed by atoms with van der Waals surface area (Å²) in [4.78, 5) is 50.7. The molecule has 0 aliphatic heterocycles. The van der Waals surface area contributed by atoms with Gasteiger partial charge in [-0.15, -0.1) is 11.8 Å². The first-order chi connectivity index (χ1) is 19.8. The van der Waals surface area contributed by atoms with E-state index < -0.39 is 23.0 Å². The predicted molar refractivity (Wildman–Crippen MR) is 162 cm³/mol. The largest absolute Gasteiger partial charge is 0.366 e. The van der Waals surface area contributed by atoms with E-state index in [-0.39, 0.29) is 11.6 Å². The van der Waals surface area contributed by atoms with Gasteiger partial charge in [0.05, 0.1) is 5.25 Å². The molecule has 8 nitrogen and oxygen atoms in total. The summed E-state index contributed by atoms with van der Waals surface area (Å²) in [6.45, 7) is 1.78. The zero-order valence-electron chi connectivity index (χ0n) is 22.2. The van der Waals surface area contributed by atoms with Crippen LogP contribution in [0.15, 0.2) is 120 Å². The van der Waals surface area contributed by atoms with Crippen molar-refractivity contribution in [3.8, 4) is 0 Å². The topological polar surface area (TPSA) is 130 Å². The highest BCUT2D eigenvalue weighted by atomic mass is 32.2. The molecule has 0 heterocycles. The van der Waals surface area contributed by atoms with Crippen molar-refractivity contribution in [1.29, 1.82) is 0 Å². The molecule has 0 aliphatic carbocycles. The Hall–Kier alpha value is -5.15. The van der Waals surface area contributed by atoms with E-state index in [1.807, 2.05) is 36.4 Å². The molecule has 0 saturated heterocycles. The minimum Gasteiger partial charge on any atom is -0.366 e. The van der Waals surface area contributed by atoms with Crippen LogP contribution in [0.1, 0.15) is 33.2 Å². The van der Waals surface area contributed by atoms with E-state index in [2.05, 4.69) is 16.0 Å². The smallest absolute Gasteiger partial charge is 0.272 e. The van der Waals surface area contributed by atoms with Gasteiger partial charge in [-0.05, 0) is 79.2 Å². The van der Waals surface area contributed by atoms with Crippen LogP contribution in [-0.4, -0.2) is 28.9 Å². The van der Waals surface area contributed by atoms with Gasteiger partial charge in [0, 0.05) is 27.4 Å². The number of anilines is 2. The highest BCUT2D eigenvalue weighted by Gasteiger charge is 2.17. The second kappa shape index (κ2) is 13.8. The molecule has 0 fully saturated rings. The molecule has 9 heteroatoms. The predicted octanol–water partition coefficient (Wildman–Crippen LogP) is 5.31. The van der Waals surface area contributed by atoms with Crippen LogP contribution >= 0.6 is 11.8 Å². The lowest BCUT2D eigenvalue weighted by Gasteiger charge is -2.14. The molecule has 4 aromatic carbocycles. The zero-order valence-corrected chi connectivity index (χ0v) is 23.0. The Bertz CT molecular complexity index is 1560. The number of thioether (sulfide) groups is 1. The van der Waals surface area contributed by atoms with E-state index in [0.29, 0.717) is 22.5 Å². The number of nitrogens with two attached hydrogens (primary N) is 1. The molecule has 0 bridgehead atoms. The maximum atomic E-state index is 13.2. The van der Waals surface area contributed by atoms with Gasteiger partial charge in [0.15, 0.2) is 0 Å². The van der Waals surface area contributed by atoms with Gasteiger partial charge in [-0.25, -0.2) is 0 Å². The lowest BCUT2D eigenvalue weighted by atomic mass is 10.1. The van der Waals surface area contributed by atoms with Gasteiger partial charge < -0.3 is 21.7 Å². The van der Waals surface area contributed by atoms with Crippen molar-refractivity contribution in [3.63, 3.8) is 0 Å². The summed E-state index contributed by atoms with van der Waals surface area (Å²) in [6, 6.07) is 31.3. The molecule has 0 aromatic heterocycles. The summed E-state index contributed by atoms with van der Waals surface area (Å²) < 4.78 is 0. The van der Waals surface area contributed by atoms with Crippen molar-refractivity contribution >= 4 is 52.8 Å². The van der Waals surface area contributed by atoms with Crippen LogP contribution in [0.5, 0.6) is 0 Å². The molecule has 4 amide bonds. The number of carbonyl (C=O) groups excluding carboxylic acids is 4. The van der Waals surface area contributed by atoms with Crippen LogP contribution in [0, 0.1) is 0 Å². The van der Waals surface area contributed by atoms with E-state index in [1.165, 1.54) is 11.8 Å². The lowest BCUT2D eigenvalue weighted by molar-refractivity contribution is -0.115. The lowest BCUT2D eigenvalue weighted by Crippen LogP contribution is -2.30. The zero-order chi connectivity index (χ0) is 29.2. The molecule has 0 aliphatic rings. The number of hydrogen-bond acceptors (Lipinski definition) is 5. The quantitative estimate of drug-likeness (QED) is 0.153. The van der Waals surface area contributed by atoms with Crippen molar-refractivity contribution in [3.05, 3.63) is 132 Å². The van der Waals surface area contributed by atoms with Crippen LogP contribution in [0.25, 0.3) is 6.08 Å². The van der Waals surface area contributed by atoms with Crippen molar-refractivity contribution in [2.24, 2.45) is 5.73 Å². The highest BCUT2D eigenvalue weighted by Crippen LogP contribution is 2.26. The standard InChI is InChI=1S/C32H28N4O4S/c1-21(30(38)34-25-14-12-23(13-15-25)29(33)37)41-27-18-16-26(17-19-27)35-32(40)28(20-22-8-4-2-5-9-22)36-31(39)24-10-6-3-7-11-24/h2-21H,1H3,(H2,33,37)(H,34,38)(H,35,40)(H,36,39)/b28-20-. The average molecular weight is 565 g/mol. The Labute approximate surface area is 242 Å². The summed E-state index contributed by atoms with van der Waals surface area (Å²) in [5.74, 6) is -1.62. The first kappa shape index (κ1) is 28.8. The summed E-state index contributed by atoms with van der Waals surface area (Å²) in [5, 5.41) is 7.94. The molecule has 41 heavy (non-hydrogen) atoms. The molecular weight excluding hydrogens is 536 g/mol.